The number of guanidine groups is 1. The molecule has 19 heavy (non-hydrogen) atoms. The van der Waals surface area contributed by atoms with Crippen molar-refractivity contribution in [1.82, 2.24) is 10.6 Å². The van der Waals surface area contributed by atoms with Gasteiger partial charge in [0.2, 0.25) is 0 Å². The SMILES string of the molecule is CCCCNC(=NC)NC1CC1C1CCCCC1.I. The van der Waals surface area contributed by atoms with Crippen LogP contribution in [0.3, 0.4) is 0 Å². The van der Waals surface area contributed by atoms with E-state index in [0.29, 0.717) is 6.04 Å². The molecule has 2 aliphatic carbocycles. The minimum absolute atomic E-state index is 0. The second-order valence-electron chi connectivity index (χ2n) is 5.90. The van der Waals surface area contributed by atoms with Gasteiger partial charge in [0.1, 0.15) is 0 Å². The molecule has 4 heteroatoms. The molecule has 0 spiro atoms. The first-order chi connectivity index (χ1) is 8.85. The predicted octanol–water partition coefficient (Wildman–Crippen LogP) is 3.54. The Morgan fingerprint density at radius 1 is 1.21 bits per heavy atom. The average molecular weight is 379 g/mol. The van der Waals surface area contributed by atoms with Crippen LogP contribution in [0.5, 0.6) is 0 Å². The summed E-state index contributed by atoms with van der Waals surface area (Å²) in [6.45, 7) is 3.26. The van der Waals surface area contributed by atoms with Gasteiger partial charge >= 0.3 is 0 Å². The zero-order chi connectivity index (χ0) is 12.8. The Balaban J connectivity index is 0.00000180. The van der Waals surface area contributed by atoms with Crippen LogP contribution < -0.4 is 10.6 Å². The van der Waals surface area contributed by atoms with Crippen molar-refractivity contribution >= 4 is 29.9 Å². The van der Waals surface area contributed by atoms with E-state index in [1.807, 2.05) is 7.05 Å². The Kier molecular flexibility index (Phi) is 8.11. The lowest BCUT2D eigenvalue weighted by atomic mass is 9.85. The minimum Gasteiger partial charge on any atom is -0.356 e. The lowest BCUT2D eigenvalue weighted by molar-refractivity contribution is 0.315. The van der Waals surface area contributed by atoms with Gasteiger partial charge in [-0.15, -0.1) is 24.0 Å². The van der Waals surface area contributed by atoms with Crippen LogP contribution in [0.1, 0.15) is 58.3 Å². The quantitative estimate of drug-likeness (QED) is 0.332. The maximum atomic E-state index is 4.31. The van der Waals surface area contributed by atoms with Gasteiger partial charge in [0.15, 0.2) is 5.96 Å². The van der Waals surface area contributed by atoms with Crippen molar-refractivity contribution in [2.24, 2.45) is 16.8 Å². The van der Waals surface area contributed by atoms with Gasteiger partial charge < -0.3 is 10.6 Å². The second-order valence-corrected chi connectivity index (χ2v) is 5.90. The Labute approximate surface area is 135 Å². The van der Waals surface area contributed by atoms with E-state index in [0.717, 1.165) is 24.3 Å². The second kappa shape index (κ2) is 9.03. The number of hydrogen-bond acceptors (Lipinski definition) is 1. The van der Waals surface area contributed by atoms with Gasteiger partial charge in [-0.2, -0.15) is 0 Å². The van der Waals surface area contributed by atoms with Crippen molar-refractivity contribution in [2.45, 2.75) is 64.3 Å². The van der Waals surface area contributed by atoms with E-state index in [-0.39, 0.29) is 24.0 Å². The highest BCUT2D eigenvalue weighted by atomic mass is 127. The largest absolute Gasteiger partial charge is 0.356 e. The van der Waals surface area contributed by atoms with Crippen LogP contribution >= 0.6 is 24.0 Å². The summed E-state index contributed by atoms with van der Waals surface area (Å²) in [6, 6.07) is 0.695. The molecule has 2 atom stereocenters. The highest BCUT2D eigenvalue weighted by Crippen LogP contribution is 2.44. The van der Waals surface area contributed by atoms with Gasteiger partial charge in [-0.3, -0.25) is 4.99 Å². The standard InChI is InChI=1S/C15H29N3.HI/c1-3-4-10-17-15(16-2)18-14-11-13(14)12-8-6-5-7-9-12;/h12-14H,3-11H2,1-2H3,(H2,16,17,18);1H. The Hall–Kier alpha value is 0. The van der Waals surface area contributed by atoms with Gasteiger partial charge in [-0.05, 0) is 24.7 Å². The Bertz CT molecular complexity index is 275. The summed E-state index contributed by atoms with van der Waals surface area (Å²) in [5.41, 5.74) is 0. The molecule has 0 aromatic heterocycles. The normalized spacial score (nSPS) is 27.6. The number of halogens is 1. The molecule has 0 aromatic rings. The molecule has 0 amide bonds. The highest BCUT2D eigenvalue weighted by molar-refractivity contribution is 14.0. The molecule has 2 rings (SSSR count). The molecule has 3 nitrogen and oxygen atoms in total. The van der Waals surface area contributed by atoms with Crippen LogP contribution in [0.15, 0.2) is 4.99 Å². The molecule has 2 unspecified atom stereocenters. The summed E-state index contributed by atoms with van der Waals surface area (Å²) < 4.78 is 0. The molecule has 2 N–H and O–H groups in total. The molecule has 0 bridgehead atoms. The van der Waals surface area contributed by atoms with Crippen molar-refractivity contribution in [3.8, 4) is 0 Å². The molecule has 2 aliphatic rings. The summed E-state index contributed by atoms with van der Waals surface area (Å²) in [4.78, 5) is 4.31. The molecular weight excluding hydrogens is 349 g/mol. The number of nitrogens with zero attached hydrogens (tertiary/aromatic N) is 1. The number of nitrogens with one attached hydrogen (secondary N) is 2. The van der Waals surface area contributed by atoms with Gasteiger partial charge in [-0.1, -0.05) is 45.4 Å². The molecule has 0 aliphatic heterocycles. The smallest absolute Gasteiger partial charge is 0.191 e. The van der Waals surface area contributed by atoms with Crippen LogP contribution in [-0.4, -0.2) is 25.6 Å². The zero-order valence-electron chi connectivity index (χ0n) is 12.5. The number of unbranched alkanes of at least 4 members (excludes halogenated alkanes) is 1. The molecule has 2 saturated carbocycles. The van der Waals surface area contributed by atoms with Crippen molar-refractivity contribution in [2.75, 3.05) is 13.6 Å². The van der Waals surface area contributed by atoms with Crippen LogP contribution in [0.25, 0.3) is 0 Å². The third-order valence-electron chi connectivity index (χ3n) is 4.46. The fraction of sp³-hybridized carbons (Fsp3) is 0.933. The third kappa shape index (κ3) is 5.48. The van der Waals surface area contributed by atoms with E-state index >= 15 is 0 Å². The molecule has 0 heterocycles. The summed E-state index contributed by atoms with van der Waals surface area (Å²) in [5.74, 6) is 2.92. The maximum Gasteiger partial charge on any atom is 0.191 e. The number of aliphatic imine (C=N–C) groups is 1. The summed E-state index contributed by atoms with van der Waals surface area (Å²) in [6.07, 6.45) is 11.1. The van der Waals surface area contributed by atoms with E-state index in [4.69, 9.17) is 0 Å². The van der Waals surface area contributed by atoms with E-state index in [1.54, 1.807) is 0 Å². The number of hydrogen-bond donors (Lipinski definition) is 2. The highest BCUT2D eigenvalue weighted by Gasteiger charge is 2.43. The predicted molar refractivity (Wildman–Crippen MR) is 93.3 cm³/mol. The van der Waals surface area contributed by atoms with Crippen LogP contribution in [0.2, 0.25) is 0 Å². The van der Waals surface area contributed by atoms with Gasteiger partial charge in [0, 0.05) is 19.6 Å². The minimum atomic E-state index is 0. The van der Waals surface area contributed by atoms with Crippen molar-refractivity contribution in [3.05, 3.63) is 0 Å². The van der Waals surface area contributed by atoms with Gasteiger partial charge in [0.05, 0.1) is 0 Å². The number of rotatable bonds is 5. The third-order valence-corrected chi connectivity index (χ3v) is 4.46. The molecular formula is C15H30IN3. The van der Waals surface area contributed by atoms with Crippen LogP contribution in [-0.2, 0) is 0 Å². The van der Waals surface area contributed by atoms with E-state index in [1.165, 1.54) is 51.4 Å². The molecule has 112 valence electrons. The van der Waals surface area contributed by atoms with Crippen LogP contribution in [0, 0.1) is 11.8 Å². The summed E-state index contributed by atoms with van der Waals surface area (Å²) >= 11 is 0. The lowest BCUT2D eigenvalue weighted by Crippen LogP contribution is -2.40. The van der Waals surface area contributed by atoms with E-state index in [9.17, 15) is 0 Å². The summed E-state index contributed by atoms with van der Waals surface area (Å²) in [5, 5.41) is 6.99. The first-order valence-electron chi connectivity index (χ1n) is 7.82. The maximum absolute atomic E-state index is 4.31. The van der Waals surface area contributed by atoms with Crippen molar-refractivity contribution in [3.63, 3.8) is 0 Å². The Morgan fingerprint density at radius 2 is 1.95 bits per heavy atom. The van der Waals surface area contributed by atoms with Crippen molar-refractivity contribution < 1.29 is 0 Å². The molecule has 0 aromatic carbocycles. The van der Waals surface area contributed by atoms with Gasteiger partial charge in [-0.25, -0.2) is 0 Å². The first kappa shape index (κ1) is 17.1. The van der Waals surface area contributed by atoms with Crippen molar-refractivity contribution in [1.29, 1.82) is 0 Å². The first-order valence-corrected chi connectivity index (χ1v) is 7.82. The average Bonchev–Trinajstić information content (AvgIpc) is 3.18. The Morgan fingerprint density at radius 3 is 2.58 bits per heavy atom. The molecule has 0 saturated heterocycles. The monoisotopic (exact) mass is 379 g/mol. The van der Waals surface area contributed by atoms with Crippen LogP contribution in [0.4, 0.5) is 0 Å². The molecule has 0 radical (unpaired) electrons. The zero-order valence-corrected chi connectivity index (χ0v) is 14.8. The van der Waals surface area contributed by atoms with Gasteiger partial charge in [0.25, 0.3) is 0 Å². The summed E-state index contributed by atoms with van der Waals surface area (Å²) in [7, 11) is 1.87. The topological polar surface area (TPSA) is 36.4 Å². The van der Waals surface area contributed by atoms with E-state index < -0.39 is 0 Å². The fourth-order valence-corrected chi connectivity index (χ4v) is 3.22. The molecule has 2 fully saturated rings. The van der Waals surface area contributed by atoms with E-state index in [2.05, 4.69) is 22.5 Å². The lowest BCUT2D eigenvalue weighted by Gasteiger charge is -2.22. The fourth-order valence-electron chi connectivity index (χ4n) is 3.22.